The van der Waals surface area contributed by atoms with E-state index in [9.17, 15) is 14.0 Å². The van der Waals surface area contributed by atoms with Crippen LogP contribution in [0.3, 0.4) is 0 Å². The van der Waals surface area contributed by atoms with E-state index in [1.165, 1.54) is 28.5 Å². The second kappa shape index (κ2) is 12.5. The molecule has 164 valence electrons. The van der Waals surface area contributed by atoms with E-state index in [-0.39, 0.29) is 24.1 Å². The van der Waals surface area contributed by atoms with Gasteiger partial charge in [0.05, 0.1) is 12.7 Å². The number of carbonyl (C=O) groups is 2. The fourth-order valence-electron chi connectivity index (χ4n) is 1.90. The Morgan fingerprint density at radius 2 is 2.21 bits per heavy atom. The third kappa shape index (κ3) is 9.37. The molecular weight excluding hydrogens is 425 g/mol. The topological polar surface area (TPSA) is 129 Å². The van der Waals surface area contributed by atoms with E-state index < -0.39 is 30.3 Å². The third-order valence-corrected chi connectivity index (χ3v) is 4.78. The molecule has 2 amide bonds. The normalized spacial score (nSPS) is 13.0. The van der Waals surface area contributed by atoms with Crippen LogP contribution in [-0.2, 0) is 9.53 Å². The molecule has 29 heavy (non-hydrogen) atoms. The average molecular weight is 452 g/mol. The minimum Gasteiger partial charge on any atom is -0.444 e. The Morgan fingerprint density at radius 1 is 1.48 bits per heavy atom. The van der Waals surface area contributed by atoms with Gasteiger partial charge in [-0.1, -0.05) is 0 Å². The van der Waals surface area contributed by atoms with Gasteiger partial charge < -0.3 is 14.5 Å². The third-order valence-electron chi connectivity index (χ3n) is 3.04. The fourth-order valence-corrected chi connectivity index (χ4v) is 3.30. The largest absolute Gasteiger partial charge is 0.444 e. The fraction of sp³-hybridized carbons (Fsp3) is 0.625. The number of ether oxygens (including phenoxy) is 1. The molecule has 1 rings (SSSR count). The smallest absolute Gasteiger partial charge is 0.408 e. The number of hydrogen-bond donors (Lipinski definition) is 3. The van der Waals surface area contributed by atoms with Gasteiger partial charge in [0.2, 0.25) is 0 Å². The highest BCUT2D eigenvalue weighted by Gasteiger charge is 2.30. The zero-order valence-corrected chi connectivity index (χ0v) is 18.3. The number of nitrogens with one attached hydrogen (secondary N) is 2. The highest BCUT2D eigenvalue weighted by Crippen LogP contribution is 2.21. The Kier molecular flexibility index (Phi) is 10.8. The molecule has 0 aliphatic heterocycles. The number of hydrogen-bond acceptors (Lipinski definition) is 9. The van der Waals surface area contributed by atoms with Crippen LogP contribution in [0.1, 0.15) is 20.8 Å². The molecule has 0 saturated carbocycles. The van der Waals surface area contributed by atoms with Gasteiger partial charge in [-0.2, -0.15) is 11.8 Å². The Hall–Kier alpha value is -1.99. The highest BCUT2D eigenvalue weighted by atomic mass is 32.2. The van der Waals surface area contributed by atoms with Gasteiger partial charge in [-0.05, 0) is 32.7 Å². The van der Waals surface area contributed by atoms with Crippen LogP contribution in [0.15, 0.2) is 21.9 Å². The molecule has 0 aromatic carbocycles. The Labute approximate surface area is 177 Å². The van der Waals surface area contributed by atoms with E-state index in [2.05, 4.69) is 15.3 Å². The maximum atomic E-state index is 12.9. The van der Waals surface area contributed by atoms with Crippen molar-refractivity contribution in [3.63, 3.8) is 0 Å². The second-order valence-electron chi connectivity index (χ2n) is 6.48. The summed E-state index contributed by atoms with van der Waals surface area (Å²) in [6.07, 6.45) is 3.70. The number of alkyl halides is 1. The van der Waals surface area contributed by atoms with Crippen molar-refractivity contribution in [2.45, 2.75) is 32.4 Å². The Balaban J connectivity index is 2.78. The quantitative estimate of drug-likeness (QED) is 0.161. The molecule has 0 fully saturated rings. The van der Waals surface area contributed by atoms with Gasteiger partial charge >= 0.3 is 12.1 Å². The van der Waals surface area contributed by atoms with Gasteiger partial charge in [0.25, 0.3) is 5.91 Å². The van der Waals surface area contributed by atoms with Crippen molar-refractivity contribution in [2.24, 2.45) is 4.99 Å². The van der Waals surface area contributed by atoms with Crippen LogP contribution in [0, 0.1) is 0 Å². The number of hydroxylamine groups is 1. The number of anilines is 1. The number of nitrogens with zero attached hydrogens (tertiary/aromatic N) is 3. The van der Waals surface area contributed by atoms with Crippen LogP contribution < -0.4 is 15.1 Å². The Bertz CT molecular complexity index is 663. The van der Waals surface area contributed by atoms with Gasteiger partial charge in [0.1, 0.15) is 24.6 Å². The monoisotopic (exact) mass is 451 g/mol. The first-order valence-corrected chi connectivity index (χ1v) is 10.9. The van der Waals surface area contributed by atoms with E-state index in [0.717, 1.165) is 11.9 Å². The number of carbonyl (C=O) groups excluding carboxylic acids is 2. The molecule has 0 aliphatic carbocycles. The van der Waals surface area contributed by atoms with Crippen LogP contribution in [-0.4, -0.2) is 70.7 Å². The van der Waals surface area contributed by atoms with Crippen molar-refractivity contribution < 1.29 is 28.3 Å². The highest BCUT2D eigenvalue weighted by molar-refractivity contribution is 8.00. The summed E-state index contributed by atoms with van der Waals surface area (Å²) < 4.78 is 24.1. The summed E-state index contributed by atoms with van der Waals surface area (Å²) in [7, 11) is 0. The zero-order valence-electron chi connectivity index (χ0n) is 16.7. The molecule has 1 heterocycles. The van der Waals surface area contributed by atoms with Crippen molar-refractivity contribution in [2.75, 3.05) is 35.3 Å². The van der Waals surface area contributed by atoms with Crippen LogP contribution in [0.25, 0.3) is 0 Å². The summed E-state index contributed by atoms with van der Waals surface area (Å²) in [5.41, 5.74) is 0.946. The standard InChI is InChI=1S/C16H26FN5O5S2/c1-16(2,3)27-15(24)20-11(10-29-8-6-18-12(9-17)21-25)13(23)22(28-4)14-19-5-7-26-14/h5,7,11,25H,6,8-10H2,1-4H3,(H,18,21)(H,20,24). The SMILES string of the molecule is CSN(C(=O)C(CSCCN=C(CF)NO)NC(=O)OC(C)(C)C)c1ncco1. The number of alkyl carbamates (subject to hydrolysis) is 1. The number of rotatable bonds is 10. The lowest BCUT2D eigenvalue weighted by Crippen LogP contribution is -2.49. The summed E-state index contributed by atoms with van der Waals surface area (Å²) in [5, 5.41) is 11.2. The van der Waals surface area contributed by atoms with E-state index in [4.69, 9.17) is 14.4 Å². The first kappa shape index (κ1) is 25.0. The average Bonchev–Trinajstić information content (AvgIpc) is 3.17. The number of aliphatic imine (C=N–C) groups is 1. The summed E-state index contributed by atoms with van der Waals surface area (Å²) in [6, 6.07) is -0.829. The number of halogens is 1. The number of oxazole rings is 1. The molecular formula is C16H26FN5O5S2. The molecule has 0 saturated heterocycles. The molecule has 1 atom stereocenters. The van der Waals surface area contributed by atoms with Crippen molar-refractivity contribution >= 4 is 47.6 Å². The van der Waals surface area contributed by atoms with Crippen molar-refractivity contribution in [3.8, 4) is 0 Å². The summed E-state index contributed by atoms with van der Waals surface area (Å²) >= 11 is 2.41. The van der Waals surface area contributed by atoms with E-state index in [0.29, 0.717) is 5.75 Å². The van der Waals surface area contributed by atoms with Gasteiger partial charge in [-0.25, -0.2) is 18.5 Å². The molecule has 1 aromatic rings. The Morgan fingerprint density at radius 3 is 2.72 bits per heavy atom. The molecule has 0 spiro atoms. The predicted octanol–water partition coefficient (Wildman–Crippen LogP) is 2.26. The van der Waals surface area contributed by atoms with Crippen LogP contribution >= 0.6 is 23.7 Å². The molecule has 13 heteroatoms. The van der Waals surface area contributed by atoms with Crippen LogP contribution in [0.5, 0.6) is 0 Å². The second-order valence-corrected chi connectivity index (χ2v) is 8.36. The van der Waals surface area contributed by atoms with Crippen LogP contribution in [0.4, 0.5) is 15.2 Å². The zero-order chi connectivity index (χ0) is 21.9. The van der Waals surface area contributed by atoms with Gasteiger partial charge in [-0.15, -0.1) is 0 Å². The number of aromatic nitrogens is 1. The van der Waals surface area contributed by atoms with Gasteiger partial charge in [0.15, 0.2) is 5.84 Å². The van der Waals surface area contributed by atoms with E-state index in [1.54, 1.807) is 32.5 Å². The molecule has 0 aliphatic rings. The van der Waals surface area contributed by atoms with Crippen molar-refractivity contribution in [1.29, 1.82) is 0 Å². The van der Waals surface area contributed by atoms with Crippen LogP contribution in [0.2, 0.25) is 0 Å². The first-order valence-electron chi connectivity index (χ1n) is 8.56. The lowest BCUT2D eigenvalue weighted by molar-refractivity contribution is -0.119. The molecule has 1 aromatic heterocycles. The number of amides is 2. The minimum atomic E-state index is -0.921. The molecule has 3 N–H and O–H groups in total. The predicted molar refractivity (Wildman–Crippen MR) is 111 cm³/mol. The maximum absolute atomic E-state index is 12.9. The number of thioether (sulfide) groups is 1. The lowest BCUT2D eigenvalue weighted by atomic mass is 10.2. The van der Waals surface area contributed by atoms with E-state index in [1.807, 2.05) is 0 Å². The molecule has 1 unspecified atom stereocenters. The summed E-state index contributed by atoms with van der Waals surface area (Å²) in [5.74, 6) is 0.0254. The summed E-state index contributed by atoms with van der Waals surface area (Å²) in [4.78, 5) is 32.9. The number of amidine groups is 1. The van der Waals surface area contributed by atoms with Gasteiger partial charge in [-0.3, -0.25) is 20.5 Å². The van der Waals surface area contributed by atoms with E-state index >= 15 is 0 Å². The molecule has 0 bridgehead atoms. The lowest BCUT2D eigenvalue weighted by Gasteiger charge is -2.25. The first-order chi connectivity index (χ1) is 13.7. The summed E-state index contributed by atoms with van der Waals surface area (Å²) in [6.45, 7) is 4.45. The van der Waals surface area contributed by atoms with Crippen molar-refractivity contribution in [1.82, 2.24) is 15.8 Å². The van der Waals surface area contributed by atoms with Crippen molar-refractivity contribution in [3.05, 3.63) is 12.5 Å². The molecule has 10 nitrogen and oxygen atoms in total. The maximum Gasteiger partial charge on any atom is 0.408 e. The van der Waals surface area contributed by atoms with Gasteiger partial charge in [0, 0.05) is 17.8 Å². The minimum absolute atomic E-state index is 0.0923. The molecule has 0 radical (unpaired) electrons.